The molecule has 2 saturated heterocycles. The van der Waals surface area contributed by atoms with Crippen molar-refractivity contribution in [1.29, 1.82) is 0 Å². The number of anilines is 1. The minimum absolute atomic E-state index is 0.568. The van der Waals surface area contributed by atoms with Crippen molar-refractivity contribution in [2.24, 2.45) is 0 Å². The molecule has 1 N–H and O–H groups in total. The van der Waals surface area contributed by atoms with E-state index < -0.39 is 0 Å². The monoisotopic (exact) mass is 215 g/mol. The third-order valence-electron chi connectivity index (χ3n) is 3.58. The van der Waals surface area contributed by atoms with Crippen molar-refractivity contribution in [3.8, 4) is 0 Å². The van der Waals surface area contributed by atoms with Gasteiger partial charge in [0.2, 0.25) is 0 Å². The third-order valence-corrected chi connectivity index (χ3v) is 3.58. The van der Waals surface area contributed by atoms with E-state index in [1.165, 1.54) is 6.42 Å². The second-order valence-corrected chi connectivity index (χ2v) is 4.61. The number of hydrogen-bond acceptors (Lipinski definition) is 4. The number of para-hydroxylation sites is 2. The van der Waals surface area contributed by atoms with E-state index in [-0.39, 0.29) is 0 Å². The highest BCUT2D eigenvalue weighted by atomic mass is 16.4. The van der Waals surface area contributed by atoms with Gasteiger partial charge in [0.15, 0.2) is 5.58 Å². The van der Waals surface area contributed by atoms with Gasteiger partial charge >= 0.3 is 0 Å². The molecule has 2 bridgehead atoms. The van der Waals surface area contributed by atoms with Crippen LogP contribution in [0.25, 0.3) is 11.1 Å². The molecule has 2 aromatic rings. The SMILES string of the molecule is c1ccc2oc(N3CC4CC3CN4)nc2c1. The lowest BCUT2D eigenvalue weighted by atomic mass is 10.2. The molecule has 0 amide bonds. The zero-order chi connectivity index (χ0) is 10.5. The number of nitrogens with zero attached hydrogens (tertiary/aromatic N) is 2. The summed E-state index contributed by atoms with van der Waals surface area (Å²) in [5, 5.41) is 3.48. The highest BCUT2D eigenvalue weighted by Gasteiger charge is 2.39. The number of hydrogen-bond donors (Lipinski definition) is 1. The first kappa shape index (κ1) is 8.58. The lowest BCUT2D eigenvalue weighted by Crippen LogP contribution is -2.43. The van der Waals surface area contributed by atoms with Crippen molar-refractivity contribution in [3.05, 3.63) is 24.3 Å². The minimum Gasteiger partial charge on any atom is -0.423 e. The Morgan fingerprint density at radius 1 is 1.38 bits per heavy atom. The van der Waals surface area contributed by atoms with Gasteiger partial charge in [0.1, 0.15) is 5.52 Å². The summed E-state index contributed by atoms with van der Waals surface area (Å²) in [6.45, 7) is 2.08. The van der Waals surface area contributed by atoms with E-state index in [9.17, 15) is 0 Å². The Kier molecular flexibility index (Phi) is 1.60. The van der Waals surface area contributed by atoms with Gasteiger partial charge in [-0.2, -0.15) is 4.98 Å². The molecule has 0 aliphatic carbocycles. The van der Waals surface area contributed by atoms with Crippen LogP contribution in [-0.2, 0) is 0 Å². The van der Waals surface area contributed by atoms with Crippen LogP contribution in [0.2, 0.25) is 0 Å². The Bertz CT molecular complexity index is 503. The topological polar surface area (TPSA) is 41.3 Å². The molecular formula is C12H13N3O. The molecule has 2 unspecified atom stereocenters. The lowest BCUT2D eigenvalue weighted by Gasteiger charge is -2.25. The number of nitrogens with one attached hydrogen (secondary N) is 1. The average molecular weight is 215 g/mol. The van der Waals surface area contributed by atoms with Crippen LogP contribution in [0.3, 0.4) is 0 Å². The fraction of sp³-hybridized carbons (Fsp3) is 0.417. The van der Waals surface area contributed by atoms with Gasteiger partial charge in [-0.05, 0) is 18.6 Å². The molecule has 0 radical (unpaired) electrons. The maximum absolute atomic E-state index is 5.79. The Morgan fingerprint density at radius 2 is 2.31 bits per heavy atom. The highest BCUT2D eigenvalue weighted by molar-refractivity contribution is 5.74. The maximum Gasteiger partial charge on any atom is 0.298 e. The molecule has 4 heteroatoms. The molecule has 2 fully saturated rings. The first-order chi connectivity index (χ1) is 7.90. The fourth-order valence-corrected chi connectivity index (χ4v) is 2.78. The van der Waals surface area contributed by atoms with Gasteiger partial charge in [-0.15, -0.1) is 0 Å². The molecule has 2 aliphatic heterocycles. The number of piperazine rings is 1. The van der Waals surface area contributed by atoms with E-state index in [1.54, 1.807) is 0 Å². The quantitative estimate of drug-likeness (QED) is 0.780. The Hall–Kier alpha value is -1.55. The van der Waals surface area contributed by atoms with Crippen LogP contribution < -0.4 is 10.2 Å². The smallest absolute Gasteiger partial charge is 0.298 e. The first-order valence-electron chi connectivity index (χ1n) is 5.76. The summed E-state index contributed by atoms with van der Waals surface area (Å²) in [6, 6.07) is 9.92. The summed E-state index contributed by atoms with van der Waals surface area (Å²) >= 11 is 0. The molecule has 2 atom stereocenters. The van der Waals surface area contributed by atoms with Gasteiger partial charge < -0.3 is 14.6 Å². The normalized spacial score (nSPS) is 28.1. The molecule has 82 valence electrons. The minimum atomic E-state index is 0.568. The maximum atomic E-state index is 5.79. The predicted molar refractivity (Wildman–Crippen MR) is 61.6 cm³/mol. The van der Waals surface area contributed by atoms with Gasteiger partial charge in [0.25, 0.3) is 6.01 Å². The van der Waals surface area contributed by atoms with Crippen LogP contribution in [0.5, 0.6) is 0 Å². The summed E-state index contributed by atoms with van der Waals surface area (Å²) in [6.07, 6.45) is 1.22. The summed E-state index contributed by atoms with van der Waals surface area (Å²) in [4.78, 5) is 6.84. The van der Waals surface area contributed by atoms with Crippen molar-refractivity contribution in [2.75, 3.05) is 18.0 Å². The summed E-state index contributed by atoms with van der Waals surface area (Å²) in [5.41, 5.74) is 1.83. The Labute approximate surface area is 93.2 Å². The Morgan fingerprint density at radius 3 is 3.06 bits per heavy atom. The van der Waals surface area contributed by atoms with Crippen molar-refractivity contribution in [2.45, 2.75) is 18.5 Å². The number of aromatic nitrogens is 1. The second-order valence-electron chi connectivity index (χ2n) is 4.61. The molecule has 0 spiro atoms. The molecule has 1 aromatic heterocycles. The van der Waals surface area contributed by atoms with E-state index in [0.717, 1.165) is 30.2 Å². The molecular weight excluding hydrogens is 202 g/mol. The summed E-state index contributed by atoms with van der Waals surface area (Å²) < 4.78 is 5.79. The number of fused-ring (bicyclic) bond motifs is 3. The number of rotatable bonds is 1. The van der Waals surface area contributed by atoms with Gasteiger partial charge in [0.05, 0.1) is 0 Å². The number of oxazole rings is 1. The highest BCUT2D eigenvalue weighted by Crippen LogP contribution is 2.30. The third kappa shape index (κ3) is 1.10. The fourth-order valence-electron chi connectivity index (χ4n) is 2.78. The van der Waals surface area contributed by atoms with E-state index >= 15 is 0 Å². The van der Waals surface area contributed by atoms with Crippen molar-refractivity contribution < 1.29 is 4.42 Å². The summed E-state index contributed by atoms with van der Waals surface area (Å²) in [7, 11) is 0. The summed E-state index contributed by atoms with van der Waals surface area (Å²) in [5.74, 6) is 0. The van der Waals surface area contributed by atoms with Crippen LogP contribution in [0.4, 0.5) is 6.01 Å². The van der Waals surface area contributed by atoms with Gasteiger partial charge in [-0.3, -0.25) is 0 Å². The van der Waals surface area contributed by atoms with Crippen LogP contribution in [0.15, 0.2) is 28.7 Å². The van der Waals surface area contributed by atoms with Crippen LogP contribution in [0, 0.1) is 0 Å². The van der Waals surface area contributed by atoms with Crippen molar-refractivity contribution in [3.63, 3.8) is 0 Å². The largest absolute Gasteiger partial charge is 0.423 e. The molecule has 16 heavy (non-hydrogen) atoms. The molecule has 4 nitrogen and oxygen atoms in total. The molecule has 3 heterocycles. The molecule has 1 aromatic carbocycles. The first-order valence-corrected chi connectivity index (χ1v) is 5.76. The standard InChI is InChI=1S/C12H13N3O/c1-2-4-11-10(3-1)14-12(16-11)15-7-8-5-9(15)6-13-8/h1-4,8-9,13H,5-7H2. The molecule has 2 aliphatic rings. The van der Waals surface area contributed by atoms with Crippen molar-refractivity contribution in [1.82, 2.24) is 10.3 Å². The number of benzene rings is 1. The van der Waals surface area contributed by atoms with Gasteiger partial charge in [-0.1, -0.05) is 12.1 Å². The zero-order valence-corrected chi connectivity index (χ0v) is 8.89. The van der Waals surface area contributed by atoms with Gasteiger partial charge in [-0.25, -0.2) is 0 Å². The van der Waals surface area contributed by atoms with E-state index in [0.29, 0.717) is 12.1 Å². The van der Waals surface area contributed by atoms with Crippen LogP contribution in [0.1, 0.15) is 6.42 Å². The van der Waals surface area contributed by atoms with Crippen LogP contribution in [-0.4, -0.2) is 30.2 Å². The van der Waals surface area contributed by atoms with E-state index in [2.05, 4.69) is 15.2 Å². The average Bonchev–Trinajstić information content (AvgIpc) is 3.02. The lowest BCUT2D eigenvalue weighted by molar-refractivity contribution is 0.514. The molecule has 0 saturated carbocycles. The van der Waals surface area contributed by atoms with E-state index in [4.69, 9.17) is 4.42 Å². The van der Waals surface area contributed by atoms with Gasteiger partial charge in [0, 0.05) is 25.2 Å². The molecule has 4 rings (SSSR count). The predicted octanol–water partition coefficient (Wildman–Crippen LogP) is 1.38. The van der Waals surface area contributed by atoms with Crippen LogP contribution >= 0.6 is 0 Å². The van der Waals surface area contributed by atoms with E-state index in [1.807, 2.05) is 24.3 Å². The zero-order valence-electron chi connectivity index (χ0n) is 8.89. The second kappa shape index (κ2) is 2.98. The van der Waals surface area contributed by atoms with Crippen molar-refractivity contribution >= 4 is 17.1 Å². The Balaban J connectivity index is 1.76.